The molecule has 3 nitrogen and oxygen atoms in total. The second kappa shape index (κ2) is 9.75. The van der Waals surface area contributed by atoms with Crippen molar-refractivity contribution in [2.45, 2.75) is 36.8 Å². The molecule has 0 amide bonds. The van der Waals surface area contributed by atoms with Gasteiger partial charge in [0, 0.05) is 42.7 Å². The van der Waals surface area contributed by atoms with E-state index in [1.165, 1.54) is 25.8 Å². The smallest absolute Gasteiger partial charge is 0.314 e. The van der Waals surface area contributed by atoms with E-state index in [1.807, 2.05) is 6.07 Å². The second-order valence-electron chi connectivity index (χ2n) is 6.89. The molecule has 0 bridgehead atoms. The van der Waals surface area contributed by atoms with Crippen LogP contribution in [0.3, 0.4) is 0 Å². The first kappa shape index (κ1) is 20.4. The number of benzene rings is 1. The summed E-state index contributed by atoms with van der Waals surface area (Å²) in [7, 11) is 0. The number of thioether (sulfide) groups is 1. The largest absolute Gasteiger partial charge is 0.416 e. The molecule has 0 aliphatic carbocycles. The standard InChI is InChI=1S/C20H26F3N3S/c21-20(22,23)16-5-6-17-18(15-16)25-8-7-19(17)27-14-4-2-1-3-11-26-12-9-24-10-13-26/h5-8,15,24H,1-4,9-14H2. The number of alkyl halides is 3. The maximum Gasteiger partial charge on any atom is 0.416 e. The number of hydrogen-bond acceptors (Lipinski definition) is 4. The van der Waals surface area contributed by atoms with E-state index in [9.17, 15) is 13.2 Å². The zero-order valence-electron chi connectivity index (χ0n) is 15.4. The molecule has 2 aromatic rings. The van der Waals surface area contributed by atoms with Gasteiger partial charge in [0.2, 0.25) is 0 Å². The van der Waals surface area contributed by atoms with Crippen molar-refractivity contribution in [3.8, 4) is 0 Å². The summed E-state index contributed by atoms with van der Waals surface area (Å²) >= 11 is 1.71. The second-order valence-corrected chi connectivity index (χ2v) is 8.03. The van der Waals surface area contributed by atoms with Crippen LogP contribution in [0.2, 0.25) is 0 Å². The Kier molecular flexibility index (Phi) is 7.38. The summed E-state index contributed by atoms with van der Waals surface area (Å²) in [6.45, 7) is 5.69. The average molecular weight is 398 g/mol. The molecule has 0 unspecified atom stereocenters. The van der Waals surface area contributed by atoms with Crippen LogP contribution in [0.5, 0.6) is 0 Å². The number of halogens is 3. The average Bonchev–Trinajstić information content (AvgIpc) is 2.67. The van der Waals surface area contributed by atoms with Gasteiger partial charge >= 0.3 is 6.18 Å². The monoisotopic (exact) mass is 397 g/mol. The Bertz CT molecular complexity index is 730. The molecule has 1 N–H and O–H groups in total. The number of hydrogen-bond donors (Lipinski definition) is 1. The zero-order valence-corrected chi connectivity index (χ0v) is 16.2. The van der Waals surface area contributed by atoms with E-state index in [1.54, 1.807) is 24.0 Å². The molecule has 1 aliphatic rings. The molecule has 1 aromatic heterocycles. The van der Waals surface area contributed by atoms with Crippen LogP contribution in [-0.2, 0) is 6.18 Å². The molecule has 1 aromatic carbocycles. The third kappa shape index (κ3) is 6.09. The Balaban J connectivity index is 1.42. The van der Waals surface area contributed by atoms with Crippen LogP contribution in [0.15, 0.2) is 35.4 Å². The van der Waals surface area contributed by atoms with Gasteiger partial charge in [-0.3, -0.25) is 4.98 Å². The van der Waals surface area contributed by atoms with Gasteiger partial charge in [-0.2, -0.15) is 13.2 Å². The molecule has 7 heteroatoms. The van der Waals surface area contributed by atoms with E-state index in [2.05, 4.69) is 15.2 Å². The van der Waals surface area contributed by atoms with E-state index in [-0.39, 0.29) is 0 Å². The highest BCUT2D eigenvalue weighted by Crippen LogP contribution is 2.33. The Labute approximate surface area is 162 Å². The third-order valence-corrected chi connectivity index (χ3v) is 6.03. The highest BCUT2D eigenvalue weighted by atomic mass is 32.2. The van der Waals surface area contributed by atoms with Crippen LogP contribution in [0.25, 0.3) is 10.9 Å². The molecule has 1 fully saturated rings. The Morgan fingerprint density at radius 2 is 1.81 bits per heavy atom. The Morgan fingerprint density at radius 1 is 1.04 bits per heavy atom. The van der Waals surface area contributed by atoms with Crippen molar-refractivity contribution in [1.82, 2.24) is 15.2 Å². The van der Waals surface area contributed by atoms with E-state index in [0.29, 0.717) is 5.52 Å². The minimum Gasteiger partial charge on any atom is -0.314 e. The summed E-state index contributed by atoms with van der Waals surface area (Å²) in [4.78, 5) is 7.63. The first-order valence-electron chi connectivity index (χ1n) is 9.56. The summed E-state index contributed by atoms with van der Waals surface area (Å²) in [6.07, 6.45) is 2.05. The van der Waals surface area contributed by atoms with Gasteiger partial charge in [-0.1, -0.05) is 18.9 Å². The van der Waals surface area contributed by atoms with Crippen molar-refractivity contribution < 1.29 is 13.2 Å². The zero-order chi connectivity index (χ0) is 19.1. The predicted molar refractivity (Wildman–Crippen MR) is 105 cm³/mol. The topological polar surface area (TPSA) is 28.2 Å². The Hall–Kier alpha value is -1.31. The molecular formula is C20H26F3N3S. The lowest BCUT2D eigenvalue weighted by atomic mass is 10.1. The van der Waals surface area contributed by atoms with Crippen LogP contribution in [-0.4, -0.2) is 48.4 Å². The number of pyridine rings is 1. The molecule has 0 radical (unpaired) electrons. The normalized spacial score (nSPS) is 16.1. The number of nitrogens with one attached hydrogen (secondary N) is 1. The fourth-order valence-electron chi connectivity index (χ4n) is 3.33. The first-order chi connectivity index (χ1) is 13.0. The molecule has 0 atom stereocenters. The van der Waals surface area contributed by atoms with E-state index >= 15 is 0 Å². The third-order valence-electron chi connectivity index (χ3n) is 4.87. The molecule has 27 heavy (non-hydrogen) atoms. The summed E-state index contributed by atoms with van der Waals surface area (Å²) < 4.78 is 38.5. The molecule has 1 aliphatic heterocycles. The van der Waals surface area contributed by atoms with Crippen LogP contribution < -0.4 is 5.32 Å². The maximum absolute atomic E-state index is 12.8. The van der Waals surface area contributed by atoms with Crippen molar-refractivity contribution in [2.24, 2.45) is 0 Å². The van der Waals surface area contributed by atoms with Gasteiger partial charge in [0.1, 0.15) is 0 Å². The number of unbranched alkanes of at least 4 members (excludes halogenated alkanes) is 3. The van der Waals surface area contributed by atoms with Gasteiger partial charge in [-0.25, -0.2) is 0 Å². The predicted octanol–water partition coefficient (Wildman–Crippen LogP) is 4.81. The summed E-state index contributed by atoms with van der Waals surface area (Å²) in [5, 5.41) is 4.17. The van der Waals surface area contributed by atoms with Gasteiger partial charge < -0.3 is 10.2 Å². The molecular weight excluding hydrogens is 371 g/mol. The van der Waals surface area contributed by atoms with Crippen LogP contribution in [0, 0.1) is 0 Å². The fourth-order valence-corrected chi connectivity index (χ4v) is 4.39. The molecule has 0 saturated carbocycles. The summed E-state index contributed by atoms with van der Waals surface area (Å²) in [5.41, 5.74) is -0.236. The first-order valence-corrected chi connectivity index (χ1v) is 10.5. The van der Waals surface area contributed by atoms with Crippen LogP contribution in [0.4, 0.5) is 13.2 Å². The lowest BCUT2D eigenvalue weighted by molar-refractivity contribution is -0.137. The van der Waals surface area contributed by atoms with Crippen molar-refractivity contribution in [3.63, 3.8) is 0 Å². The lowest BCUT2D eigenvalue weighted by Gasteiger charge is -2.26. The number of piperazine rings is 1. The fraction of sp³-hybridized carbons (Fsp3) is 0.550. The Morgan fingerprint density at radius 3 is 2.59 bits per heavy atom. The van der Waals surface area contributed by atoms with Crippen molar-refractivity contribution in [3.05, 3.63) is 36.0 Å². The number of nitrogens with zero attached hydrogens (tertiary/aromatic N) is 2. The minimum absolute atomic E-state index is 0.408. The summed E-state index contributed by atoms with van der Waals surface area (Å²) in [6, 6.07) is 5.71. The van der Waals surface area contributed by atoms with Gasteiger partial charge in [0.15, 0.2) is 0 Å². The van der Waals surface area contributed by atoms with Crippen LogP contribution >= 0.6 is 11.8 Å². The highest BCUT2D eigenvalue weighted by Gasteiger charge is 2.30. The lowest BCUT2D eigenvalue weighted by Crippen LogP contribution is -2.43. The van der Waals surface area contributed by atoms with Crippen molar-refractivity contribution in [1.29, 1.82) is 0 Å². The van der Waals surface area contributed by atoms with Gasteiger partial charge in [0.05, 0.1) is 11.1 Å². The number of fused-ring (bicyclic) bond motifs is 1. The van der Waals surface area contributed by atoms with Crippen LogP contribution in [0.1, 0.15) is 31.2 Å². The molecule has 148 valence electrons. The SMILES string of the molecule is FC(F)(F)c1ccc2c(SCCCCCCN3CCNCC3)ccnc2c1. The number of aromatic nitrogens is 1. The quantitative estimate of drug-likeness (QED) is 0.511. The van der Waals surface area contributed by atoms with Gasteiger partial charge in [-0.05, 0) is 43.3 Å². The van der Waals surface area contributed by atoms with E-state index < -0.39 is 11.7 Å². The minimum atomic E-state index is -4.33. The summed E-state index contributed by atoms with van der Waals surface area (Å²) in [5.74, 6) is 0.980. The van der Waals surface area contributed by atoms with Crippen molar-refractivity contribution in [2.75, 3.05) is 38.5 Å². The molecule has 2 heterocycles. The van der Waals surface area contributed by atoms with E-state index in [0.717, 1.165) is 60.8 Å². The van der Waals surface area contributed by atoms with Gasteiger partial charge in [0.25, 0.3) is 0 Å². The van der Waals surface area contributed by atoms with E-state index in [4.69, 9.17) is 0 Å². The molecule has 1 saturated heterocycles. The maximum atomic E-state index is 12.8. The highest BCUT2D eigenvalue weighted by molar-refractivity contribution is 7.99. The van der Waals surface area contributed by atoms with Crippen molar-refractivity contribution >= 4 is 22.7 Å². The molecule has 0 spiro atoms. The molecule has 3 rings (SSSR count). The van der Waals surface area contributed by atoms with Gasteiger partial charge in [-0.15, -0.1) is 11.8 Å². The number of rotatable bonds is 8.